The third-order valence-corrected chi connectivity index (χ3v) is 6.94. The molecular weight excluding hydrogens is 690 g/mol. The molecule has 8 aromatic rings. The molecule has 0 spiro atoms. The molecule has 6 heteroatoms. The van der Waals surface area contributed by atoms with Crippen LogP contribution in [-0.4, -0.2) is 9.97 Å². The van der Waals surface area contributed by atoms with Crippen LogP contribution in [-0.2, 0) is 20.1 Å². The molecule has 0 aliphatic heterocycles. The van der Waals surface area contributed by atoms with E-state index in [1.54, 1.807) is 18.3 Å². The van der Waals surface area contributed by atoms with Gasteiger partial charge in [0.25, 0.3) is 0 Å². The van der Waals surface area contributed by atoms with Gasteiger partial charge in [0.05, 0.1) is 11.6 Å². The van der Waals surface area contributed by atoms with Crippen molar-refractivity contribution in [3.05, 3.63) is 133 Å². The van der Waals surface area contributed by atoms with Gasteiger partial charge in [0.2, 0.25) is 0 Å². The van der Waals surface area contributed by atoms with Gasteiger partial charge in [0, 0.05) is 49.1 Å². The standard InChI is InChI=1S/C24H11N2O.C11H7FN.Ir/c25-13-14-7-8-22-20(10-14)21-11-18-17-6-3-9-26-24(17)16-5-2-1-4-15(16)19(18)12-23(21)27-22;12-10-6-4-9(5-7-10)11-3-1-2-8-13-11;/h1-4,6-12H;1-4,6-8H;/q2*-1;. The molecule has 1 radical (unpaired) electrons. The second kappa shape index (κ2) is 10.9. The number of nitrogens with zero attached hydrogens (tertiary/aromatic N) is 3. The van der Waals surface area contributed by atoms with Crippen molar-refractivity contribution in [1.82, 2.24) is 9.97 Å². The SMILES string of the molecule is Fc1c[c-]c(-c2ccccn2)cc1.N#Cc1ccc2oc3cc4c5ccc[c-]c5c5ncccc5c4cc3c2c1.[Ir]. The number of hydrogen-bond acceptors (Lipinski definition) is 4. The summed E-state index contributed by atoms with van der Waals surface area (Å²) in [5, 5.41) is 16.7. The Bertz CT molecular complexity index is 2240. The van der Waals surface area contributed by atoms with Gasteiger partial charge in [-0.05, 0) is 69.8 Å². The molecule has 0 atom stereocenters. The first kappa shape index (κ1) is 26.3. The maximum atomic E-state index is 12.6. The molecule has 4 nitrogen and oxygen atoms in total. The fourth-order valence-corrected chi connectivity index (χ4v) is 5.10. The molecule has 3 aromatic heterocycles. The van der Waals surface area contributed by atoms with Crippen LogP contribution in [0.3, 0.4) is 0 Å². The Labute approximate surface area is 248 Å². The van der Waals surface area contributed by atoms with Crippen LogP contribution >= 0.6 is 0 Å². The number of hydrogen-bond donors (Lipinski definition) is 0. The van der Waals surface area contributed by atoms with Gasteiger partial charge >= 0.3 is 0 Å². The molecule has 5 aromatic carbocycles. The zero-order chi connectivity index (χ0) is 27.1. The molecule has 3 heterocycles. The predicted molar refractivity (Wildman–Crippen MR) is 156 cm³/mol. The monoisotopic (exact) mass is 708 g/mol. The summed E-state index contributed by atoms with van der Waals surface area (Å²) in [5.41, 5.74) is 4.80. The van der Waals surface area contributed by atoms with E-state index in [-0.39, 0.29) is 25.9 Å². The van der Waals surface area contributed by atoms with Crippen molar-refractivity contribution in [2.24, 2.45) is 0 Å². The van der Waals surface area contributed by atoms with Crippen molar-refractivity contribution in [1.29, 1.82) is 5.26 Å². The van der Waals surface area contributed by atoms with Crippen LogP contribution in [0.25, 0.3) is 65.6 Å². The van der Waals surface area contributed by atoms with Crippen LogP contribution in [0, 0.1) is 29.3 Å². The van der Waals surface area contributed by atoms with Crippen molar-refractivity contribution in [3.8, 4) is 17.3 Å². The van der Waals surface area contributed by atoms with Gasteiger partial charge in [-0.3, -0.25) is 4.39 Å². The van der Waals surface area contributed by atoms with Gasteiger partial charge < -0.3 is 14.4 Å². The zero-order valence-electron chi connectivity index (χ0n) is 21.4. The molecule has 0 bridgehead atoms. The second-order valence-electron chi connectivity index (χ2n) is 9.31. The van der Waals surface area contributed by atoms with Crippen LogP contribution in [0.15, 0.2) is 114 Å². The van der Waals surface area contributed by atoms with Gasteiger partial charge in [-0.15, -0.1) is 59.5 Å². The molecule has 0 aliphatic carbocycles. The summed E-state index contributed by atoms with van der Waals surface area (Å²) in [6, 6.07) is 38.2. The molecule has 0 amide bonds. The molecule has 0 N–H and O–H groups in total. The first-order valence-corrected chi connectivity index (χ1v) is 12.7. The van der Waals surface area contributed by atoms with Gasteiger partial charge in [0.1, 0.15) is 11.2 Å². The molecular formula is C35H18FIrN3O-2. The Balaban J connectivity index is 0.000000183. The fourth-order valence-electron chi connectivity index (χ4n) is 5.10. The van der Waals surface area contributed by atoms with Crippen molar-refractivity contribution in [2.75, 3.05) is 0 Å². The number of aromatic nitrogens is 2. The van der Waals surface area contributed by atoms with E-state index in [1.807, 2.05) is 54.7 Å². The largest absolute Gasteiger partial charge is 0.456 e. The first-order valence-electron chi connectivity index (χ1n) is 12.7. The summed E-state index contributed by atoms with van der Waals surface area (Å²) in [7, 11) is 0. The summed E-state index contributed by atoms with van der Waals surface area (Å²) in [5.74, 6) is -0.278. The third kappa shape index (κ3) is 4.72. The number of benzene rings is 5. The summed E-state index contributed by atoms with van der Waals surface area (Å²) in [6.45, 7) is 0. The molecule has 0 saturated carbocycles. The van der Waals surface area contributed by atoms with Crippen LogP contribution in [0.5, 0.6) is 0 Å². The van der Waals surface area contributed by atoms with Crippen LogP contribution in [0.2, 0.25) is 0 Å². The molecule has 41 heavy (non-hydrogen) atoms. The first-order chi connectivity index (χ1) is 19.7. The Hall–Kier alpha value is -4.95. The van der Waals surface area contributed by atoms with E-state index in [2.05, 4.69) is 52.4 Å². The zero-order valence-corrected chi connectivity index (χ0v) is 23.7. The third-order valence-electron chi connectivity index (χ3n) is 6.94. The van der Waals surface area contributed by atoms with E-state index < -0.39 is 0 Å². The summed E-state index contributed by atoms with van der Waals surface area (Å²) in [4.78, 5) is 8.74. The fraction of sp³-hybridized carbons (Fsp3) is 0. The molecule has 8 rings (SSSR count). The van der Waals surface area contributed by atoms with Gasteiger partial charge in [0.15, 0.2) is 0 Å². The number of nitriles is 1. The summed E-state index contributed by atoms with van der Waals surface area (Å²) < 4.78 is 18.6. The van der Waals surface area contributed by atoms with E-state index >= 15 is 0 Å². The normalized spacial score (nSPS) is 10.8. The Morgan fingerprint density at radius 3 is 2.34 bits per heavy atom. The van der Waals surface area contributed by atoms with Crippen LogP contribution < -0.4 is 0 Å². The van der Waals surface area contributed by atoms with Gasteiger partial charge in [-0.1, -0.05) is 23.6 Å². The molecule has 0 fully saturated rings. The van der Waals surface area contributed by atoms with Gasteiger partial charge in [-0.2, -0.15) is 5.26 Å². The minimum Gasteiger partial charge on any atom is -0.456 e. The summed E-state index contributed by atoms with van der Waals surface area (Å²) >= 11 is 0. The number of halogens is 1. The quantitative estimate of drug-likeness (QED) is 0.126. The van der Waals surface area contributed by atoms with E-state index in [1.165, 1.54) is 12.1 Å². The minimum absolute atomic E-state index is 0. The minimum atomic E-state index is -0.278. The Kier molecular flexibility index (Phi) is 6.99. The second-order valence-corrected chi connectivity index (χ2v) is 9.31. The molecule has 0 unspecified atom stereocenters. The molecule has 0 aliphatic rings. The van der Waals surface area contributed by atoms with E-state index in [9.17, 15) is 9.65 Å². The van der Waals surface area contributed by atoms with Crippen LogP contribution in [0.4, 0.5) is 4.39 Å². The number of pyridine rings is 2. The molecule has 0 saturated heterocycles. The Morgan fingerprint density at radius 2 is 1.54 bits per heavy atom. The topological polar surface area (TPSA) is 62.7 Å². The average Bonchev–Trinajstić information content (AvgIpc) is 3.38. The van der Waals surface area contributed by atoms with Crippen molar-refractivity contribution in [3.63, 3.8) is 0 Å². The molecule has 197 valence electrons. The predicted octanol–water partition coefficient (Wildman–Crippen LogP) is 8.80. The number of rotatable bonds is 1. The van der Waals surface area contributed by atoms with E-state index in [0.29, 0.717) is 5.56 Å². The number of fused-ring (bicyclic) bond motifs is 9. The van der Waals surface area contributed by atoms with Crippen LogP contribution in [0.1, 0.15) is 5.56 Å². The smallest absolute Gasteiger partial charge is 0.135 e. The van der Waals surface area contributed by atoms with E-state index in [4.69, 9.17) is 4.42 Å². The van der Waals surface area contributed by atoms with Crippen molar-refractivity contribution < 1.29 is 28.9 Å². The maximum absolute atomic E-state index is 12.6. The summed E-state index contributed by atoms with van der Waals surface area (Å²) in [6.07, 6.45) is 3.52. The maximum Gasteiger partial charge on any atom is 0.135 e. The van der Waals surface area contributed by atoms with Gasteiger partial charge in [-0.25, -0.2) is 0 Å². The average molecular weight is 708 g/mol. The van der Waals surface area contributed by atoms with E-state index in [0.717, 1.165) is 65.6 Å². The van der Waals surface area contributed by atoms with Crippen molar-refractivity contribution >= 4 is 54.4 Å². The Morgan fingerprint density at radius 1 is 0.707 bits per heavy atom. The van der Waals surface area contributed by atoms with Crippen molar-refractivity contribution in [2.45, 2.75) is 0 Å². The number of furan rings is 1.